The molecule has 0 aliphatic heterocycles. The minimum atomic E-state index is -0.530. The molecule has 8 nitrogen and oxygen atoms in total. The molecule has 1 atom stereocenters. The largest absolute Gasteiger partial charge is 0.349 e. The molecular weight excluding hydrogens is 442 g/mol. The second kappa shape index (κ2) is 9.68. The van der Waals surface area contributed by atoms with Gasteiger partial charge in [0.15, 0.2) is 0 Å². The molecule has 0 saturated heterocycles. The van der Waals surface area contributed by atoms with Crippen molar-refractivity contribution in [2.75, 3.05) is 0 Å². The Morgan fingerprint density at radius 2 is 1.71 bits per heavy atom. The van der Waals surface area contributed by atoms with Gasteiger partial charge in [0.2, 0.25) is 5.43 Å². The first-order valence-corrected chi connectivity index (χ1v) is 12.7. The molecule has 0 spiro atoms. The van der Waals surface area contributed by atoms with E-state index in [2.05, 4.69) is 20.6 Å². The molecule has 1 unspecified atom stereocenters. The number of fused-ring (bicyclic) bond motifs is 1. The van der Waals surface area contributed by atoms with Crippen molar-refractivity contribution in [2.24, 2.45) is 0 Å². The number of hydrogen-bond acceptors (Lipinski definition) is 4. The van der Waals surface area contributed by atoms with Crippen LogP contribution in [0.15, 0.2) is 35.4 Å². The van der Waals surface area contributed by atoms with Crippen molar-refractivity contribution >= 4 is 22.8 Å². The summed E-state index contributed by atoms with van der Waals surface area (Å²) in [6, 6.07) is 5.79. The topological polar surface area (TPSA) is 109 Å². The van der Waals surface area contributed by atoms with Crippen LogP contribution in [0.25, 0.3) is 11.0 Å². The molecule has 8 heteroatoms. The molecule has 2 aliphatic carbocycles. The van der Waals surface area contributed by atoms with Gasteiger partial charge in [-0.15, -0.1) is 0 Å². The van der Waals surface area contributed by atoms with E-state index < -0.39 is 17.4 Å². The molecular formula is C27H33N5O3. The van der Waals surface area contributed by atoms with Crippen molar-refractivity contribution < 1.29 is 9.59 Å². The number of carbonyl (C=O) groups excluding carboxylic acids is 2. The van der Waals surface area contributed by atoms with Crippen molar-refractivity contribution in [3.05, 3.63) is 63.3 Å². The number of carbonyl (C=O) groups is 2. The van der Waals surface area contributed by atoms with E-state index in [0.29, 0.717) is 5.82 Å². The third-order valence-electron chi connectivity index (χ3n) is 7.11. The van der Waals surface area contributed by atoms with E-state index in [1.807, 2.05) is 36.6 Å². The Morgan fingerprint density at radius 3 is 2.40 bits per heavy atom. The van der Waals surface area contributed by atoms with Crippen LogP contribution in [0.5, 0.6) is 0 Å². The zero-order valence-corrected chi connectivity index (χ0v) is 20.4. The number of benzene rings is 1. The molecule has 2 aliphatic rings. The zero-order chi connectivity index (χ0) is 24.5. The molecule has 2 heterocycles. The number of rotatable bonds is 6. The quantitative estimate of drug-likeness (QED) is 0.462. The fourth-order valence-electron chi connectivity index (χ4n) is 4.88. The summed E-state index contributed by atoms with van der Waals surface area (Å²) in [7, 11) is 0. The molecule has 1 aromatic carbocycles. The van der Waals surface area contributed by atoms with Crippen molar-refractivity contribution in [2.45, 2.75) is 83.3 Å². The van der Waals surface area contributed by atoms with E-state index >= 15 is 0 Å². The highest BCUT2D eigenvalue weighted by Crippen LogP contribution is 2.34. The Balaban J connectivity index is 1.38. The Labute approximate surface area is 204 Å². The molecule has 2 amide bonds. The smallest absolute Gasteiger partial charge is 0.257 e. The van der Waals surface area contributed by atoms with Crippen molar-refractivity contribution in [3.8, 4) is 0 Å². The zero-order valence-electron chi connectivity index (χ0n) is 20.4. The van der Waals surface area contributed by atoms with Gasteiger partial charge in [-0.2, -0.15) is 0 Å². The highest BCUT2D eigenvalue weighted by atomic mass is 16.2. The highest BCUT2D eigenvalue weighted by Gasteiger charge is 2.28. The summed E-state index contributed by atoms with van der Waals surface area (Å²) in [6.45, 7) is 3.83. The summed E-state index contributed by atoms with van der Waals surface area (Å²) >= 11 is 0. The Hall–Kier alpha value is -3.42. The second-order valence-corrected chi connectivity index (χ2v) is 10.1. The van der Waals surface area contributed by atoms with Crippen LogP contribution in [0, 0.1) is 6.92 Å². The standard InChI is InChI=1S/C27H33N5O3/c1-16-9-12-22-23(13-16)31-25(30-22)17(2)28-26(34)20-14-32(19-10-11-19)15-21(24(20)33)27(35)29-18-7-5-3-4-6-8-18/h9,12-15,17-19H,3-8,10-11H2,1-2H3,(H,28,34)(H,29,35)(H,30,31). The third-order valence-corrected chi connectivity index (χ3v) is 7.11. The van der Waals surface area contributed by atoms with Crippen LogP contribution in [0.3, 0.4) is 0 Å². The molecule has 3 aromatic rings. The Kier molecular flexibility index (Phi) is 6.45. The number of nitrogens with zero attached hydrogens (tertiary/aromatic N) is 2. The number of aromatic amines is 1. The van der Waals surface area contributed by atoms with Gasteiger partial charge < -0.3 is 20.2 Å². The lowest BCUT2D eigenvalue weighted by atomic mass is 10.1. The second-order valence-electron chi connectivity index (χ2n) is 10.1. The number of aryl methyl sites for hydroxylation is 1. The molecule has 2 saturated carbocycles. The number of pyridine rings is 1. The molecule has 5 rings (SSSR count). The summed E-state index contributed by atoms with van der Waals surface area (Å²) in [5.74, 6) is -0.270. The maximum Gasteiger partial charge on any atom is 0.257 e. The van der Waals surface area contributed by atoms with E-state index in [-0.39, 0.29) is 29.1 Å². The van der Waals surface area contributed by atoms with E-state index in [0.717, 1.165) is 55.1 Å². The first-order chi connectivity index (χ1) is 16.9. The van der Waals surface area contributed by atoms with Gasteiger partial charge >= 0.3 is 0 Å². The number of hydrogen-bond donors (Lipinski definition) is 3. The average Bonchev–Trinajstić information content (AvgIpc) is 3.63. The highest BCUT2D eigenvalue weighted by molar-refractivity contribution is 5.99. The van der Waals surface area contributed by atoms with E-state index in [4.69, 9.17) is 0 Å². The van der Waals surface area contributed by atoms with Crippen LogP contribution in [-0.2, 0) is 0 Å². The maximum absolute atomic E-state index is 13.3. The van der Waals surface area contributed by atoms with Gasteiger partial charge in [0.25, 0.3) is 11.8 Å². The summed E-state index contributed by atoms with van der Waals surface area (Å²) in [5.41, 5.74) is 2.33. The van der Waals surface area contributed by atoms with Crippen LogP contribution in [-0.4, -0.2) is 32.4 Å². The lowest BCUT2D eigenvalue weighted by Crippen LogP contribution is -2.39. The Bertz CT molecular complexity index is 1310. The molecule has 184 valence electrons. The molecule has 2 fully saturated rings. The lowest BCUT2D eigenvalue weighted by Gasteiger charge is -2.18. The average molecular weight is 476 g/mol. The van der Waals surface area contributed by atoms with Crippen LogP contribution < -0.4 is 16.1 Å². The van der Waals surface area contributed by atoms with Crippen LogP contribution in [0.1, 0.15) is 102 Å². The predicted molar refractivity (Wildman–Crippen MR) is 135 cm³/mol. The minimum Gasteiger partial charge on any atom is -0.349 e. The van der Waals surface area contributed by atoms with E-state index in [1.54, 1.807) is 12.4 Å². The first kappa shape index (κ1) is 23.3. The number of aromatic nitrogens is 3. The SMILES string of the molecule is Cc1ccc2nc(C(C)NC(=O)c3cn(C4CC4)cc(C(=O)NC4CCCCCC4)c3=O)[nH]c2c1. The van der Waals surface area contributed by atoms with Crippen LogP contribution in [0.2, 0.25) is 0 Å². The van der Waals surface area contributed by atoms with Crippen molar-refractivity contribution in [3.63, 3.8) is 0 Å². The van der Waals surface area contributed by atoms with Crippen LogP contribution >= 0.6 is 0 Å². The first-order valence-electron chi connectivity index (χ1n) is 12.7. The van der Waals surface area contributed by atoms with Gasteiger partial charge in [-0.3, -0.25) is 14.4 Å². The molecule has 0 radical (unpaired) electrons. The molecule has 2 aromatic heterocycles. The number of imidazole rings is 1. The van der Waals surface area contributed by atoms with Crippen molar-refractivity contribution in [1.82, 2.24) is 25.2 Å². The number of H-pyrrole nitrogens is 1. The van der Waals surface area contributed by atoms with Gasteiger partial charge in [-0.05, 0) is 57.2 Å². The number of nitrogens with one attached hydrogen (secondary N) is 3. The predicted octanol–water partition coefficient (Wildman–Crippen LogP) is 4.31. The maximum atomic E-state index is 13.3. The fraction of sp³-hybridized carbons (Fsp3) is 0.481. The normalized spacial score (nSPS) is 17.7. The minimum absolute atomic E-state index is 0.00998. The third kappa shape index (κ3) is 5.16. The summed E-state index contributed by atoms with van der Waals surface area (Å²) in [5, 5.41) is 5.95. The monoisotopic (exact) mass is 475 g/mol. The summed E-state index contributed by atoms with van der Waals surface area (Å²) in [6.07, 6.45) is 11.5. The Morgan fingerprint density at radius 1 is 1.03 bits per heavy atom. The van der Waals surface area contributed by atoms with E-state index in [1.165, 1.54) is 12.8 Å². The van der Waals surface area contributed by atoms with Gasteiger partial charge in [0, 0.05) is 24.5 Å². The van der Waals surface area contributed by atoms with Gasteiger partial charge in [0.05, 0.1) is 17.1 Å². The van der Waals surface area contributed by atoms with Gasteiger partial charge in [-0.25, -0.2) is 4.98 Å². The lowest BCUT2D eigenvalue weighted by molar-refractivity contribution is 0.0931. The van der Waals surface area contributed by atoms with Gasteiger partial charge in [-0.1, -0.05) is 31.7 Å². The van der Waals surface area contributed by atoms with Crippen LogP contribution in [0.4, 0.5) is 0 Å². The summed E-state index contributed by atoms with van der Waals surface area (Å²) < 4.78 is 1.85. The van der Waals surface area contributed by atoms with Gasteiger partial charge in [0.1, 0.15) is 17.0 Å². The number of amides is 2. The summed E-state index contributed by atoms with van der Waals surface area (Å²) in [4.78, 5) is 47.5. The van der Waals surface area contributed by atoms with E-state index in [9.17, 15) is 14.4 Å². The van der Waals surface area contributed by atoms with Crippen molar-refractivity contribution in [1.29, 1.82) is 0 Å². The molecule has 3 N–H and O–H groups in total. The molecule has 35 heavy (non-hydrogen) atoms. The molecule has 0 bridgehead atoms. The fourth-order valence-corrected chi connectivity index (χ4v) is 4.88.